The zero-order valence-corrected chi connectivity index (χ0v) is 61.4. The lowest BCUT2D eigenvalue weighted by Crippen LogP contribution is -2.20. The van der Waals surface area contributed by atoms with Crippen LogP contribution in [0.15, 0.2) is 352 Å². The third-order valence-electron chi connectivity index (χ3n) is 22.2. The monoisotopic (exact) mass is 1450 g/mol. The van der Waals surface area contributed by atoms with Gasteiger partial charge in [-0.2, -0.15) is 0 Å². The molecule has 0 N–H and O–H groups in total. The number of benzene rings is 15. The lowest BCUT2D eigenvalue weighted by molar-refractivity contribution is 1.15. The summed E-state index contributed by atoms with van der Waals surface area (Å²) in [7, 11) is 0. The molecule has 0 amide bonds. The van der Waals surface area contributed by atoms with Gasteiger partial charge in [0.1, 0.15) is 0 Å². The Kier molecular flexibility index (Phi) is 13.5. The van der Waals surface area contributed by atoms with Crippen molar-refractivity contribution in [2.24, 2.45) is 0 Å². The maximum Gasteiger partial charge on any atom is 0.160 e. The molecule has 105 heavy (non-hydrogen) atoms. The van der Waals surface area contributed by atoms with Gasteiger partial charge in [-0.1, -0.05) is 290 Å². The molecule has 22 rings (SSSR count). The van der Waals surface area contributed by atoms with Gasteiger partial charge in [0, 0.05) is 116 Å². The Morgan fingerprint density at radius 2 is 0.505 bits per heavy atom. The van der Waals surface area contributed by atoms with E-state index in [1.165, 1.54) is 113 Å². The predicted molar refractivity (Wildman–Crippen MR) is 457 cm³/mol. The molecule has 492 valence electrons. The summed E-state index contributed by atoms with van der Waals surface area (Å²) < 4.78 is 7.30. The topological polar surface area (TPSA) is 40.6 Å². The van der Waals surface area contributed by atoms with Gasteiger partial charge in [-0.25, -0.2) is 9.97 Å². The lowest BCUT2D eigenvalue weighted by Gasteiger charge is -2.20. The third-order valence-corrected chi connectivity index (χ3v) is 37.1. The average molecular weight is 1450 g/mol. The van der Waals surface area contributed by atoms with Gasteiger partial charge in [-0.3, -0.25) is 0 Å². The number of rotatable bonds is 9. The molecule has 19 aromatic rings. The van der Waals surface area contributed by atoms with Gasteiger partial charge in [0.15, 0.2) is 5.82 Å². The van der Waals surface area contributed by atoms with Crippen LogP contribution in [0.1, 0.15) is 0 Å². The SMILES string of the molecule is S=P1(c2ccccc2)c2ccccc2-c2cc3c4ccccc4n(-c4cccc(-c5cc(-c6cccc(-n7c8ccccc8c8cc9c(cc87)P(=S)(c7ccccc7)c7ccccc7-9)c6)nc(-c6cccc(-n7c8ccccc8c8cc9c(cc87)P(=S)(c7ccccc7)c7ccccc7-9)c6)n5)c4)c3cc21. The van der Waals surface area contributed by atoms with Crippen LogP contribution in [-0.4, -0.2) is 23.7 Å². The Bertz CT molecular complexity index is 6470. The van der Waals surface area contributed by atoms with E-state index in [1.807, 2.05) is 0 Å². The first kappa shape index (κ1) is 61.2. The number of fused-ring (bicyclic) bond motifs is 18. The van der Waals surface area contributed by atoms with Crippen molar-refractivity contribution >= 4 is 167 Å². The van der Waals surface area contributed by atoms with E-state index >= 15 is 0 Å². The van der Waals surface area contributed by atoms with Crippen LogP contribution in [0.5, 0.6) is 0 Å². The van der Waals surface area contributed by atoms with E-state index < -0.39 is 18.1 Å². The summed E-state index contributed by atoms with van der Waals surface area (Å²) in [5.74, 6) is 0.606. The van der Waals surface area contributed by atoms with Crippen molar-refractivity contribution in [3.05, 3.63) is 352 Å². The van der Waals surface area contributed by atoms with Crippen molar-refractivity contribution in [2.45, 2.75) is 0 Å². The highest BCUT2D eigenvalue weighted by Crippen LogP contribution is 2.57. The predicted octanol–water partition coefficient (Wildman–Crippen LogP) is 20.0. The molecule has 0 radical (unpaired) electrons. The standard InChI is InChI=1S/C94H58N5P3S3/c103-100(65-31-4-1-5-32-65)88-46-19-13-40-71(88)77-52-74-68-37-10-16-43-82(68)97(85(74)56-91(77)100)62-28-22-25-59(49-62)80-55-81(60-26-23-29-63(50-60)98-83-44-17-11-38-69(83)75-53-78-72-41-14-20-47-89(72)101(104,92(78)57-86(75)98)66-33-6-2-7-34-66)96-94(95-80)61-27-24-30-64(51-61)99-84-45-18-12-39-70(84)76-54-79-73-42-15-21-48-90(73)102(105,93(79)58-87(76)99)67-35-8-3-9-36-67/h1-58H. The molecule has 0 bridgehead atoms. The summed E-state index contributed by atoms with van der Waals surface area (Å²) in [6.45, 7) is 0. The third kappa shape index (κ3) is 8.79. The lowest BCUT2D eigenvalue weighted by atomic mass is 10.0. The van der Waals surface area contributed by atoms with Crippen LogP contribution in [0.3, 0.4) is 0 Å². The summed E-state index contributed by atoms with van der Waals surface area (Å²) in [5.41, 5.74) is 21.5. The van der Waals surface area contributed by atoms with Crippen LogP contribution in [-0.2, 0) is 35.4 Å². The number of para-hydroxylation sites is 3. The molecule has 3 aliphatic heterocycles. The van der Waals surface area contributed by atoms with Crippen molar-refractivity contribution in [2.75, 3.05) is 0 Å². The van der Waals surface area contributed by atoms with E-state index in [9.17, 15) is 0 Å². The van der Waals surface area contributed by atoms with Crippen LogP contribution in [0.25, 0.3) is 150 Å². The fourth-order valence-electron chi connectivity index (χ4n) is 17.6. The van der Waals surface area contributed by atoms with Crippen molar-refractivity contribution < 1.29 is 0 Å². The first-order chi connectivity index (χ1) is 51.7. The van der Waals surface area contributed by atoms with E-state index in [4.69, 9.17) is 45.4 Å². The second-order valence-electron chi connectivity index (χ2n) is 27.7. The zero-order valence-electron chi connectivity index (χ0n) is 56.3. The maximum absolute atomic E-state index is 7.07. The molecule has 3 unspecified atom stereocenters. The van der Waals surface area contributed by atoms with Gasteiger partial charge in [0.05, 0.1) is 44.5 Å². The number of aromatic nitrogens is 5. The molecule has 11 heteroatoms. The second kappa shape index (κ2) is 23.1. The Morgan fingerprint density at radius 1 is 0.210 bits per heavy atom. The summed E-state index contributed by atoms with van der Waals surface area (Å²) in [6.07, 6.45) is 0. The Balaban J connectivity index is 0.744. The van der Waals surface area contributed by atoms with E-state index in [0.29, 0.717) is 5.82 Å². The van der Waals surface area contributed by atoms with Gasteiger partial charge < -0.3 is 13.7 Å². The minimum Gasteiger partial charge on any atom is -0.309 e. The quantitative estimate of drug-likeness (QED) is 0.135. The minimum absolute atomic E-state index is 0.606. The Hall–Kier alpha value is -11.3. The van der Waals surface area contributed by atoms with Crippen molar-refractivity contribution in [1.29, 1.82) is 0 Å². The average Bonchev–Trinajstić information content (AvgIpc) is 1.55. The largest absolute Gasteiger partial charge is 0.309 e. The van der Waals surface area contributed by atoms with E-state index in [2.05, 4.69) is 366 Å². The zero-order chi connectivity index (χ0) is 69.4. The van der Waals surface area contributed by atoms with Crippen LogP contribution in [0.2, 0.25) is 0 Å². The van der Waals surface area contributed by atoms with Gasteiger partial charge >= 0.3 is 0 Å². The smallest absolute Gasteiger partial charge is 0.160 e. The van der Waals surface area contributed by atoms with Crippen LogP contribution in [0.4, 0.5) is 0 Å². The van der Waals surface area contributed by atoms with Gasteiger partial charge in [0.2, 0.25) is 0 Å². The molecule has 15 aromatic carbocycles. The fourth-order valence-corrected chi connectivity index (χ4v) is 30.7. The molecule has 0 saturated heterocycles. The van der Waals surface area contributed by atoms with Crippen LogP contribution < -0.4 is 47.7 Å². The summed E-state index contributed by atoms with van der Waals surface area (Å²) in [6, 6.07) is 121. The summed E-state index contributed by atoms with van der Waals surface area (Å²) in [4.78, 5) is 11.4. The Morgan fingerprint density at radius 3 is 0.857 bits per heavy atom. The highest BCUT2D eigenvalue weighted by Gasteiger charge is 2.40. The van der Waals surface area contributed by atoms with Crippen molar-refractivity contribution in [3.63, 3.8) is 0 Å². The van der Waals surface area contributed by atoms with Gasteiger partial charge in [-0.15, -0.1) is 0 Å². The van der Waals surface area contributed by atoms with Crippen molar-refractivity contribution in [1.82, 2.24) is 23.7 Å². The fraction of sp³-hybridized carbons (Fsp3) is 0. The normalized spacial score (nSPS) is 16.8. The maximum atomic E-state index is 7.07. The van der Waals surface area contributed by atoms with Gasteiger partial charge in [-0.05, 0) is 146 Å². The molecule has 3 aliphatic rings. The molecule has 7 heterocycles. The first-order valence-electron chi connectivity index (χ1n) is 35.4. The molecule has 3 atom stereocenters. The number of nitrogens with zero attached hydrogens (tertiary/aromatic N) is 5. The molecular weight excluding hydrogens is 1390 g/mol. The van der Waals surface area contributed by atoms with Crippen LogP contribution >= 0.6 is 18.1 Å². The molecule has 0 saturated carbocycles. The highest BCUT2D eigenvalue weighted by molar-refractivity contribution is 8.27. The molecule has 0 aliphatic carbocycles. The van der Waals surface area contributed by atoms with E-state index in [1.54, 1.807) is 0 Å². The first-order valence-corrected chi connectivity index (χ1v) is 43.8. The molecule has 0 fully saturated rings. The molecule has 5 nitrogen and oxygen atoms in total. The second-order valence-corrected chi connectivity index (χ2v) is 40.7. The molecular formula is C94H58N5P3S3. The summed E-state index contributed by atoms with van der Waals surface area (Å²) >= 11 is 21.2. The number of hydrogen-bond donors (Lipinski definition) is 0. The van der Waals surface area contributed by atoms with Crippen LogP contribution in [0, 0.1) is 0 Å². The Labute approximate surface area is 621 Å². The molecule has 4 aromatic heterocycles. The van der Waals surface area contributed by atoms with Crippen molar-refractivity contribution in [3.8, 4) is 84.3 Å². The van der Waals surface area contributed by atoms with E-state index in [0.717, 1.165) is 78.2 Å². The minimum atomic E-state index is -2.45. The van der Waals surface area contributed by atoms with E-state index in [-0.39, 0.29) is 0 Å². The molecule has 0 spiro atoms. The highest BCUT2D eigenvalue weighted by atomic mass is 32.4. The summed E-state index contributed by atoms with van der Waals surface area (Å²) in [5, 5.41) is 18.1. The van der Waals surface area contributed by atoms with Gasteiger partial charge in [0.25, 0.3) is 0 Å². The number of hydrogen-bond acceptors (Lipinski definition) is 5.